The lowest BCUT2D eigenvalue weighted by Crippen LogP contribution is -2.37. The van der Waals surface area contributed by atoms with Crippen LogP contribution >= 0.6 is 24.0 Å². The van der Waals surface area contributed by atoms with E-state index in [1.54, 1.807) is 7.11 Å². The Morgan fingerprint density at radius 1 is 0.935 bits per heavy atom. The Hall–Kier alpha value is -1.84. The van der Waals surface area contributed by atoms with Crippen molar-refractivity contribution in [1.82, 2.24) is 15.5 Å². The summed E-state index contributed by atoms with van der Waals surface area (Å²) in [7, 11) is 5.84. The highest BCUT2D eigenvalue weighted by molar-refractivity contribution is 14.0. The van der Waals surface area contributed by atoms with Gasteiger partial charge in [-0.3, -0.25) is 0 Å². The molecular weight excluding hydrogens is 503 g/mol. The highest BCUT2D eigenvalue weighted by Crippen LogP contribution is 2.12. The first-order valence-corrected chi connectivity index (χ1v) is 10.6. The predicted octanol–water partition coefficient (Wildman–Crippen LogP) is 4.04. The zero-order chi connectivity index (χ0) is 21.6. The van der Waals surface area contributed by atoms with Crippen molar-refractivity contribution < 1.29 is 9.47 Å². The smallest absolute Gasteiger partial charge is 0.191 e. The van der Waals surface area contributed by atoms with Gasteiger partial charge in [-0.25, -0.2) is 4.99 Å². The van der Waals surface area contributed by atoms with Gasteiger partial charge in [0.15, 0.2) is 5.96 Å². The van der Waals surface area contributed by atoms with Crippen molar-refractivity contribution in [3.8, 4) is 5.75 Å². The summed E-state index contributed by atoms with van der Waals surface area (Å²) in [6.07, 6.45) is 0.941. The lowest BCUT2D eigenvalue weighted by atomic mass is 10.1. The van der Waals surface area contributed by atoms with Crippen LogP contribution < -0.4 is 15.4 Å². The zero-order valence-corrected chi connectivity index (χ0v) is 21.5. The molecular formula is C24H37IN4O2. The van der Waals surface area contributed by atoms with Crippen LogP contribution in [0.15, 0.2) is 53.5 Å². The van der Waals surface area contributed by atoms with E-state index in [1.165, 1.54) is 11.1 Å². The average Bonchev–Trinajstić information content (AvgIpc) is 2.76. The second-order valence-electron chi connectivity index (χ2n) is 7.40. The summed E-state index contributed by atoms with van der Waals surface area (Å²) in [5.74, 6) is 1.66. The maximum Gasteiger partial charge on any atom is 0.191 e. The molecule has 0 bridgehead atoms. The van der Waals surface area contributed by atoms with E-state index in [0.717, 1.165) is 56.5 Å². The van der Waals surface area contributed by atoms with E-state index < -0.39 is 0 Å². The van der Waals surface area contributed by atoms with E-state index in [4.69, 9.17) is 14.5 Å². The molecule has 31 heavy (non-hydrogen) atoms. The van der Waals surface area contributed by atoms with Gasteiger partial charge in [0, 0.05) is 32.8 Å². The maximum absolute atomic E-state index is 5.42. The van der Waals surface area contributed by atoms with Crippen LogP contribution in [-0.2, 0) is 24.4 Å². The number of rotatable bonds is 12. The number of hydrogen-bond donors (Lipinski definition) is 2. The maximum atomic E-state index is 5.42. The number of nitrogens with zero attached hydrogens (tertiary/aromatic N) is 2. The number of benzene rings is 2. The number of halogens is 1. The summed E-state index contributed by atoms with van der Waals surface area (Å²) in [6, 6.07) is 16.7. The summed E-state index contributed by atoms with van der Waals surface area (Å²) in [6.45, 7) is 6.61. The fourth-order valence-electron chi connectivity index (χ4n) is 2.91. The highest BCUT2D eigenvalue weighted by atomic mass is 127. The molecule has 0 fully saturated rings. The molecule has 6 nitrogen and oxygen atoms in total. The molecule has 0 spiro atoms. The molecule has 7 heteroatoms. The Labute approximate surface area is 204 Å². The van der Waals surface area contributed by atoms with Crippen LogP contribution in [0.3, 0.4) is 0 Å². The van der Waals surface area contributed by atoms with Crippen LogP contribution in [0.25, 0.3) is 0 Å². The molecule has 0 amide bonds. The van der Waals surface area contributed by atoms with Gasteiger partial charge in [-0.1, -0.05) is 36.4 Å². The molecule has 2 aromatic rings. The average molecular weight is 540 g/mol. The summed E-state index contributed by atoms with van der Waals surface area (Å²) < 4.78 is 10.6. The molecule has 0 aliphatic rings. The van der Waals surface area contributed by atoms with Gasteiger partial charge in [0.1, 0.15) is 5.75 Å². The van der Waals surface area contributed by atoms with Crippen molar-refractivity contribution in [2.75, 3.05) is 41.0 Å². The molecule has 0 aromatic heterocycles. The number of nitrogens with one attached hydrogen (secondary N) is 2. The lowest BCUT2D eigenvalue weighted by Gasteiger charge is -2.14. The Balaban J connectivity index is 0.00000480. The predicted molar refractivity (Wildman–Crippen MR) is 139 cm³/mol. The minimum atomic E-state index is 0. The number of ether oxygens (including phenoxy) is 2. The van der Waals surface area contributed by atoms with E-state index in [0.29, 0.717) is 6.54 Å². The molecule has 0 saturated heterocycles. The van der Waals surface area contributed by atoms with Gasteiger partial charge in [0.25, 0.3) is 0 Å². The molecule has 0 atom stereocenters. The third-order valence-corrected chi connectivity index (χ3v) is 4.52. The van der Waals surface area contributed by atoms with Gasteiger partial charge in [-0.15, -0.1) is 24.0 Å². The molecule has 0 aliphatic heterocycles. The number of hydrogen-bond acceptors (Lipinski definition) is 4. The van der Waals surface area contributed by atoms with E-state index in [2.05, 4.69) is 53.9 Å². The van der Waals surface area contributed by atoms with Gasteiger partial charge < -0.3 is 25.0 Å². The Morgan fingerprint density at radius 3 is 2.19 bits per heavy atom. The largest absolute Gasteiger partial charge is 0.497 e. The standard InChI is InChI=1S/C24H36N4O2.HI/c1-5-30-16-6-15-25-24(27-18-21-11-13-23(29-4)14-12-21)26-17-20-7-9-22(10-8-20)19-28(2)3;/h7-14H,5-6,15-19H2,1-4H3,(H2,25,26,27);1H. The lowest BCUT2D eigenvalue weighted by molar-refractivity contribution is 0.145. The number of aliphatic imine (C=N–C) groups is 1. The third kappa shape index (κ3) is 11.4. The summed E-state index contributed by atoms with van der Waals surface area (Å²) in [4.78, 5) is 6.92. The van der Waals surface area contributed by atoms with E-state index >= 15 is 0 Å². The van der Waals surface area contributed by atoms with E-state index in [9.17, 15) is 0 Å². The normalized spacial score (nSPS) is 11.2. The van der Waals surface area contributed by atoms with Crippen LogP contribution in [0.2, 0.25) is 0 Å². The Kier molecular flexibility index (Phi) is 13.9. The number of guanidine groups is 1. The van der Waals surface area contributed by atoms with Crippen molar-refractivity contribution in [2.24, 2.45) is 4.99 Å². The van der Waals surface area contributed by atoms with Crippen LogP contribution in [0.5, 0.6) is 5.75 Å². The van der Waals surface area contributed by atoms with Crippen molar-refractivity contribution in [2.45, 2.75) is 33.0 Å². The van der Waals surface area contributed by atoms with Crippen molar-refractivity contribution >= 4 is 29.9 Å². The van der Waals surface area contributed by atoms with Gasteiger partial charge in [-0.05, 0) is 56.3 Å². The first-order valence-electron chi connectivity index (χ1n) is 10.6. The molecule has 2 rings (SSSR count). The molecule has 0 radical (unpaired) electrons. The fourth-order valence-corrected chi connectivity index (χ4v) is 2.91. The molecule has 0 saturated carbocycles. The molecule has 0 unspecified atom stereocenters. The minimum Gasteiger partial charge on any atom is -0.497 e. The highest BCUT2D eigenvalue weighted by Gasteiger charge is 2.02. The fraction of sp³-hybridized carbons (Fsp3) is 0.458. The first-order chi connectivity index (χ1) is 14.6. The molecule has 0 heterocycles. The van der Waals surface area contributed by atoms with Gasteiger partial charge >= 0.3 is 0 Å². The third-order valence-electron chi connectivity index (χ3n) is 4.52. The van der Waals surface area contributed by atoms with Crippen LogP contribution in [0.4, 0.5) is 0 Å². The van der Waals surface area contributed by atoms with Crippen LogP contribution in [0.1, 0.15) is 30.0 Å². The SMILES string of the molecule is CCOCCCNC(=NCc1ccc(OC)cc1)NCc1ccc(CN(C)C)cc1.I. The second kappa shape index (κ2) is 15.9. The summed E-state index contributed by atoms with van der Waals surface area (Å²) in [5, 5.41) is 6.85. The minimum absolute atomic E-state index is 0. The van der Waals surface area contributed by atoms with Crippen LogP contribution in [0, 0.1) is 0 Å². The van der Waals surface area contributed by atoms with E-state index in [1.807, 2.05) is 31.2 Å². The van der Waals surface area contributed by atoms with Crippen molar-refractivity contribution in [3.63, 3.8) is 0 Å². The quantitative estimate of drug-likeness (QED) is 0.184. The topological polar surface area (TPSA) is 58.1 Å². The summed E-state index contributed by atoms with van der Waals surface area (Å²) >= 11 is 0. The van der Waals surface area contributed by atoms with E-state index in [-0.39, 0.29) is 24.0 Å². The Bertz CT molecular complexity index is 749. The molecule has 172 valence electrons. The zero-order valence-electron chi connectivity index (χ0n) is 19.2. The van der Waals surface area contributed by atoms with Crippen molar-refractivity contribution in [3.05, 3.63) is 65.2 Å². The molecule has 2 aromatic carbocycles. The second-order valence-corrected chi connectivity index (χ2v) is 7.40. The monoisotopic (exact) mass is 540 g/mol. The van der Waals surface area contributed by atoms with Gasteiger partial charge in [-0.2, -0.15) is 0 Å². The Morgan fingerprint density at radius 2 is 1.58 bits per heavy atom. The number of methoxy groups -OCH3 is 1. The summed E-state index contributed by atoms with van der Waals surface area (Å²) in [5.41, 5.74) is 3.68. The molecule has 0 aliphatic carbocycles. The van der Waals surface area contributed by atoms with Gasteiger partial charge in [0.05, 0.1) is 13.7 Å². The molecule has 2 N–H and O–H groups in total. The van der Waals surface area contributed by atoms with Crippen molar-refractivity contribution in [1.29, 1.82) is 0 Å². The first kappa shape index (κ1) is 27.2. The van der Waals surface area contributed by atoms with Crippen LogP contribution in [-0.4, -0.2) is 51.8 Å². The van der Waals surface area contributed by atoms with Gasteiger partial charge in [0.2, 0.25) is 0 Å².